The average molecular weight is 611 g/mol. The zero-order valence-corrected chi connectivity index (χ0v) is 24.8. The van der Waals surface area contributed by atoms with E-state index in [1.54, 1.807) is 42.5 Å². The molecule has 0 aromatic heterocycles. The molecule has 0 aliphatic heterocycles. The molecule has 0 radical (unpaired) electrons. The summed E-state index contributed by atoms with van der Waals surface area (Å²) >= 11 is 1.04. The van der Waals surface area contributed by atoms with Gasteiger partial charge in [0, 0.05) is 16.5 Å². The molecule has 0 spiro atoms. The third-order valence-electron chi connectivity index (χ3n) is 6.25. The fourth-order valence-corrected chi connectivity index (χ4v) is 4.74. The number of unbranched alkanes of at least 4 members (excludes halogenated alkanes) is 1. The number of thioether (sulfide) groups is 1. The van der Waals surface area contributed by atoms with Gasteiger partial charge in [-0.05, 0) is 103 Å². The first-order chi connectivity index (χ1) is 21.3. The lowest BCUT2D eigenvalue weighted by Gasteiger charge is -2.10. The summed E-state index contributed by atoms with van der Waals surface area (Å²) < 4.78 is 20.5. The SMILES string of the molecule is C=CC(=O)OCCCCOC(=O)Oc1ccc(C(=O)Sc2ccc(OC(=O)c3ccc(-c4ccccc4)cc3)cc2C)cc1. The van der Waals surface area contributed by atoms with Gasteiger partial charge in [-0.15, -0.1) is 0 Å². The van der Waals surface area contributed by atoms with E-state index >= 15 is 0 Å². The summed E-state index contributed by atoms with van der Waals surface area (Å²) in [4.78, 5) is 49.1. The van der Waals surface area contributed by atoms with E-state index in [2.05, 4.69) is 6.58 Å². The summed E-state index contributed by atoms with van der Waals surface area (Å²) in [7, 11) is 0. The molecular weight excluding hydrogens is 580 g/mol. The Morgan fingerprint density at radius 2 is 1.32 bits per heavy atom. The minimum absolute atomic E-state index is 0.108. The lowest BCUT2D eigenvalue weighted by atomic mass is 10.0. The van der Waals surface area contributed by atoms with Gasteiger partial charge in [0.2, 0.25) is 5.12 Å². The maximum Gasteiger partial charge on any atom is 0.513 e. The van der Waals surface area contributed by atoms with Gasteiger partial charge in [0.25, 0.3) is 0 Å². The smallest absolute Gasteiger partial charge is 0.463 e. The number of carbonyl (C=O) groups is 4. The zero-order chi connectivity index (χ0) is 31.3. The van der Waals surface area contributed by atoms with Crippen LogP contribution in [-0.2, 0) is 14.3 Å². The standard InChI is InChI=1S/C35H30O8S/c1-3-32(36)40-21-7-8-22-41-35(39)43-29-17-15-28(16-18-29)34(38)44-31-20-19-30(23-24(31)2)42-33(37)27-13-11-26(12-14-27)25-9-5-4-6-10-25/h3-6,9-20,23H,1,7-8,21-22H2,2H3. The highest BCUT2D eigenvalue weighted by Crippen LogP contribution is 2.30. The normalized spacial score (nSPS) is 10.4. The molecule has 44 heavy (non-hydrogen) atoms. The Labute approximate surface area is 259 Å². The molecule has 0 saturated carbocycles. The minimum Gasteiger partial charge on any atom is -0.463 e. The van der Waals surface area contributed by atoms with Crippen molar-refractivity contribution >= 4 is 35.0 Å². The van der Waals surface area contributed by atoms with E-state index in [9.17, 15) is 19.2 Å². The number of benzene rings is 4. The Morgan fingerprint density at radius 1 is 0.705 bits per heavy atom. The highest BCUT2D eigenvalue weighted by Gasteiger charge is 2.14. The Hall–Kier alpha value is -5.15. The van der Waals surface area contributed by atoms with Crippen molar-refractivity contribution in [1.29, 1.82) is 0 Å². The van der Waals surface area contributed by atoms with Gasteiger partial charge < -0.3 is 18.9 Å². The number of rotatable bonds is 12. The van der Waals surface area contributed by atoms with Crippen LogP contribution >= 0.6 is 11.8 Å². The highest BCUT2D eigenvalue weighted by molar-refractivity contribution is 8.14. The van der Waals surface area contributed by atoms with Crippen LogP contribution in [0.1, 0.15) is 39.1 Å². The van der Waals surface area contributed by atoms with E-state index in [0.717, 1.165) is 34.5 Å². The van der Waals surface area contributed by atoms with Crippen LogP contribution in [0.25, 0.3) is 11.1 Å². The van der Waals surface area contributed by atoms with Gasteiger partial charge in [-0.3, -0.25) is 4.79 Å². The van der Waals surface area contributed by atoms with Crippen LogP contribution in [0.5, 0.6) is 11.5 Å². The summed E-state index contributed by atoms with van der Waals surface area (Å²) in [6, 6.07) is 28.3. The molecule has 0 amide bonds. The van der Waals surface area contributed by atoms with Crippen molar-refractivity contribution in [3.05, 3.63) is 126 Å². The Balaban J connectivity index is 1.24. The first-order valence-corrected chi connectivity index (χ1v) is 14.6. The van der Waals surface area contributed by atoms with Gasteiger partial charge in [0.1, 0.15) is 11.5 Å². The fourth-order valence-electron chi connectivity index (χ4n) is 3.93. The Kier molecular flexibility index (Phi) is 11.5. The Bertz CT molecular complexity index is 1610. The molecule has 4 aromatic rings. The third-order valence-corrected chi connectivity index (χ3v) is 7.35. The molecule has 9 heteroatoms. The molecule has 0 fully saturated rings. The summed E-state index contributed by atoms with van der Waals surface area (Å²) in [5.74, 6) is -0.369. The van der Waals surface area contributed by atoms with Gasteiger partial charge in [0.15, 0.2) is 0 Å². The average Bonchev–Trinajstić information content (AvgIpc) is 3.04. The van der Waals surface area contributed by atoms with Gasteiger partial charge in [0.05, 0.1) is 18.8 Å². The second-order valence-electron chi connectivity index (χ2n) is 9.45. The number of hydrogen-bond donors (Lipinski definition) is 0. The first kappa shape index (κ1) is 31.8. The van der Waals surface area contributed by atoms with E-state index in [1.807, 2.05) is 49.4 Å². The molecule has 0 bridgehead atoms. The Morgan fingerprint density at radius 3 is 1.98 bits per heavy atom. The van der Waals surface area contributed by atoms with E-state index < -0.39 is 18.1 Å². The van der Waals surface area contributed by atoms with Crippen molar-refractivity contribution in [2.24, 2.45) is 0 Å². The monoisotopic (exact) mass is 610 g/mol. The molecule has 0 aliphatic rings. The van der Waals surface area contributed by atoms with E-state index in [1.165, 1.54) is 12.1 Å². The topological polar surface area (TPSA) is 105 Å². The largest absolute Gasteiger partial charge is 0.513 e. The van der Waals surface area contributed by atoms with Crippen molar-refractivity contribution < 1.29 is 38.1 Å². The third kappa shape index (κ3) is 9.43. The summed E-state index contributed by atoms with van der Waals surface area (Å²) in [6.07, 6.45) is 1.23. The van der Waals surface area contributed by atoms with E-state index in [0.29, 0.717) is 34.6 Å². The first-order valence-electron chi connectivity index (χ1n) is 13.8. The number of hydrogen-bond acceptors (Lipinski definition) is 9. The van der Waals surface area contributed by atoms with Crippen molar-refractivity contribution in [1.82, 2.24) is 0 Å². The molecule has 0 atom stereocenters. The van der Waals surface area contributed by atoms with Crippen LogP contribution in [0.4, 0.5) is 4.79 Å². The molecular formula is C35H30O8S. The molecule has 0 heterocycles. The lowest BCUT2D eigenvalue weighted by molar-refractivity contribution is -0.137. The maximum absolute atomic E-state index is 12.9. The van der Waals surface area contributed by atoms with Crippen molar-refractivity contribution in [2.75, 3.05) is 13.2 Å². The zero-order valence-electron chi connectivity index (χ0n) is 24.0. The molecule has 4 aromatic carbocycles. The molecule has 0 unspecified atom stereocenters. The molecule has 0 aliphatic carbocycles. The van der Waals surface area contributed by atoms with Crippen LogP contribution in [0.3, 0.4) is 0 Å². The van der Waals surface area contributed by atoms with E-state index in [4.69, 9.17) is 18.9 Å². The van der Waals surface area contributed by atoms with Crippen molar-refractivity contribution in [3.8, 4) is 22.6 Å². The number of carbonyl (C=O) groups excluding carboxylic acids is 4. The predicted molar refractivity (Wildman–Crippen MR) is 167 cm³/mol. The van der Waals surface area contributed by atoms with Gasteiger partial charge >= 0.3 is 18.1 Å². The quantitative estimate of drug-likeness (QED) is 0.0396. The van der Waals surface area contributed by atoms with Crippen LogP contribution < -0.4 is 9.47 Å². The van der Waals surface area contributed by atoms with Gasteiger partial charge in [-0.1, -0.05) is 49.0 Å². The van der Waals surface area contributed by atoms with Gasteiger partial charge in [-0.25, -0.2) is 14.4 Å². The molecule has 0 N–H and O–H groups in total. The number of esters is 2. The molecule has 0 saturated heterocycles. The predicted octanol–water partition coefficient (Wildman–Crippen LogP) is 7.84. The van der Waals surface area contributed by atoms with Gasteiger partial charge in [-0.2, -0.15) is 0 Å². The number of aryl methyl sites for hydroxylation is 1. The maximum atomic E-state index is 12.9. The minimum atomic E-state index is -0.873. The fraction of sp³-hybridized carbons (Fsp3) is 0.143. The van der Waals surface area contributed by atoms with Crippen LogP contribution in [-0.4, -0.2) is 36.4 Å². The summed E-state index contributed by atoms with van der Waals surface area (Å²) in [5.41, 5.74) is 3.68. The second kappa shape index (κ2) is 15.9. The summed E-state index contributed by atoms with van der Waals surface area (Å²) in [5, 5.41) is -0.206. The second-order valence-corrected chi connectivity index (χ2v) is 10.5. The number of ether oxygens (including phenoxy) is 4. The van der Waals surface area contributed by atoms with Crippen molar-refractivity contribution in [3.63, 3.8) is 0 Å². The molecule has 4 rings (SSSR count). The molecule has 224 valence electrons. The highest BCUT2D eigenvalue weighted by atomic mass is 32.2. The van der Waals surface area contributed by atoms with Crippen molar-refractivity contribution in [2.45, 2.75) is 24.7 Å². The lowest BCUT2D eigenvalue weighted by Crippen LogP contribution is -2.12. The van der Waals surface area contributed by atoms with E-state index in [-0.39, 0.29) is 24.1 Å². The van der Waals surface area contributed by atoms with Crippen LogP contribution in [0, 0.1) is 6.92 Å². The summed E-state index contributed by atoms with van der Waals surface area (Å²) in [6.45, 7) is 5.45. The molecule has 8 nitrogen and oxygen atoms in total. The van der Waals surface area contributed by atoms with Crippen LogP contribution in [0.15, 0.2) is 115 Å². The van der Waals surface area contributed by atoms with Crippen LogP contribution in [0.2, 0.25) is 0 Å².